The van der Waals surface area contributed by atoms with Crippen LogP contribution in [0.3, 0.4) is 0 Å². The number of hydrogen-bond acceptors (Lipinski definition) is 3. The second-order valence-electron chi connectivity index (χ2n) is 3.58. The van der Waals surface area contributed by atoms with Crippen LogP contribution in [0.2, 0.25) is 0 Å². The SMILES string of the molecule is Nc1c(-c2ccccc2)sc2cnccc12. The van der Waals surface area contributed by atoms with E-state index in [9.17, 15) is 0 Å². The number of aromatic nitrogens is 1. The number of thiophene rings is 1. The second kappa shape index (κ2) is 3.61. The summed E-state index contributed by atoms with van der Waals surface area (Å²) in [6, 6.07) is 12.2. The molecule has 0 atom stereocenters. The number of nitrogen functional groups attached to an aromatic ring is 1. The van der Waals surface area contributed by atoms with Crippen molar-refractivity contribution in [3.8, 4) is 10.4 Å². The zero-order chi connectivity index (χ0) is 11.0. The third kappa shape index (κ3) is 1.37. The number of nitrogens with two attached hydrogens (primary N) is 1. The van der Waals surface area contributed by atoms with Gasteiger partial charge in [-0.3, -0.25) is 4.98 Å². The highest BCUT2D eigenvalue weighted by molar-refractivity contribution is 7.23. The first-order valence-corrected chi connectivity index (χ1v) is 5.85. The third-order valence-electron chi connectivity index (χ3n) is 2.57. The molecule has 2 N–H and O–H groups in total. The van der Waals surface area contributed by atoms with Crippen LogP contribution in [0.5, 0.6) is 0 Å². The summed E-state index contributed by atoms with van der Waals surface area (Å²) in [4.78, 5) is 5.24. The summed E-state index contributed by atoms with van der Waals surface area (Å²) in [5.74, 6) is 0. The lowest BCUT2D eigenvalue weighted by atomic mass is 10.1. The largest absolute Gasteiger partial charge is 0.397 e. The fourth-order valence-corrected chi connectivity index (χ4v) is 2.87. The van der Waals surface area contributed by atoms with Crippen LogP contribution in [0, 0.1) is 0 Å². The van der Waals surface area contributed by atoms with Crippen LogP contribution < -0.4 is 5.73 Å². The van der Waals surface area contributed by atoms with Crippen molar-refractivity contribution in [2.24, 2.45) is 0 Å². The number of pyridine rings is 1. The Kier molecular flexibility index (Phi) is 2.11. The standard InChI is InChI=1S/C13H10N2S/c14-12-10-6-7-15-8-11(10)16-13(12)9-4-2-1-3-5-9/h1-8H,14H2. The van der Waals surface area contributed by atoms with Crippen molar-refractivity contribution in [1.29, 1.82) is 0 Å². The number of rotatable bonds is 1. The van der Waals surface area contributed by atoms with E-state index in [4.69, 9.17) is 5.73 Å². The van der Waals surface area contributed by atoms with Crippen molar-refractivity contribution in [1.82, 2.24) is 4.98 Å². The Morgan fingerprint density at radius 1 is 1.06 bits per heavy atom. The van der Waals surface area contributed by atoms with Crippen LogP contribution in [0.25, 0.3) is 20.5 Å². The fraction of sp³-hybridized carbons (Fsp3) is 0. The van der Waals surface area contributed by atoms with Crippen LogP contribution in [-0.2, 0) is 0 Å². The van der Waals surface area contributed by atoms with Gasteiger partial charge in [-0.05, 0) is 11.6 Å². The minimum absolute atomic E-state index is 0.855. The summed E-state index contributed by atoms with van der Waals surface area (Å²) in [6.07, 6.45) is 3.64. The molecule has 1 aromatic carbocycles. The molecule has 2 aromatic heterocycles. The van der Waals surface area contributed by atoms with E-state index in [1.165, 1.54) is 5.56 Å². The molecule has 0 saturated carbocycles. The van der Waals surface area contributed by atoms with Crippen LogP contribution >= 0.6 is 11.3 Å². The Morgan fingerprint density at radius 3 is 2.62 bits per heavy atom. The van der Waals surface area contributed by atoms with E-state index in [1.54, 1.807) is 17.5 Å². The topological polar surface area (TPSA) is 38.9 Å². The average Bonchev–Trinajstić information content (AvgIpc) is 2.69. The van der Waals surface area contributed by atoms with Gasteiger partial charge in [-0.1, -0.05) is 30.3 Å². The van der Waals surface area contributed by atoms with Crippen molar-refractivity contribution in [3.63, 3.8) is 0 Å². The number of hydrogen-bond donors (Lipinski definition) is 1. The van der Waals surface area contributed by atoms with Gasteiger partial charge in [-0.2, -0.15) is 0 Å². The molecule has 0 spiro atoms. The van der Waals surface area contributed by atoms with Gasteiger partial charge in [0.25, 0.3) is 0 Å². The third-order valence-corrected chi connectivity index (χ3v) is 3.77. The summed E-state index contributed by atoms with van der Waals surface area (Å²) in [5, 5.41) is 1.10. The second-order valence-corrected chi connectivity index (χ2v) is 4.63. The molecule has 0 unspecified atom stereocenters. The molecule has 2 heterocycles. The van der Waals surface area contributed by atoms with E-state index in [0.717, 1.165) is 20.7 Å². The summed E-state index contributed by atoms with van der Waals surface area (Å²) >= 11 is 1.69. The monoisotopic (exact) mass is 226 g/mol. The summed E-state index contributed by atoms with van der Waals surface area (Å²) in [6.45, 7) is 0. The summed E-state index contributed by atoms with van der Waals surface area (Å²) in [5.41, 5.74) is 8.18. The van der Waals surface area contributed by atoms with Gasteiger partial charge < -0.3 is 5.73 Å². The quantitative estimate of drug-likeness (QED) is 0.689. The Hall–Kier alpha value is -1.87. The fourth-order valence-electron chi connectivity index (χ4n) is 1.78. The highest BCUT2D eigenvalue weighted by Crippen LogP contribution is 2.39. The minimum Gasteiger partial charge on any atom is -0.397 e. The van der Waals surface area contributed by atoms with Crippen molar-refractivity contribution in [3.05, 3.63) is 48.8 Å². The van der Waals surface area contributed by atoms with Crippen molar-refractivity contribution in [2.75, 3.05) is 5.73 Å². The van der Waals surface area contributed by atoms with Gasteiger partial charge in [-0.25, -0.2) is 0 Å². The highest BCUT2D eigenvalue weighted by Gasteiger charge is 2.10. The van der Waals surface area contributed by atoms with Gasteiger partial charge in [0.15, 0.2) is 0 Å². The first kappa shape index (κ1) is 9.36. The first-order chi connectivity index (χ1) is 7.86. The number of nitrogens with zero attached hydrogens (tertiary/aromatic N) is 1. The Labute approximate surface area is 97.4 Å². The maximum absolute atomic E-state index is 6.15. The van der Waals surface area contributed by atoms with Crippen molar-refractivity contribution in [2.45, 2.75) is 0 Å². The van der Waals surface area contributed by atoms with E-state index >= 15 is 0 Å². The van der Waals surface area contributed by atoms with Crippen LogP contribution in [0.15, 0.2) is 48.8 Å². The Bertz CT molecular complexity index is 629. The van der Waals surface area contributed by atoms with Gasteiger partial charge in [0.1, 0.15) is 0 Å². The molecule has 16 heavy (non-hydrogen) atoms. The number of benzene rings is 1. The molecule has 3 rings (SSSR count). The van der Waals surface area contributed by atoms with Gasteiger partial charge in [0.05, 0.1) is 15.3 Å². The molecule has 0 radical (unpaired) electrons. The summed E-state index contributed by atoms with van der Waals surface area (Å²) in [7, 11) is 0. The molecule has 3 heteroatoms. The number of anilines is 1. The minimum atomic E-state index is 0.855. The number of fused-ring (bicyclic) bond motifs is 1. The maximum atomic E-state index is 6.15. The molecule has 0 bridgehead atoms. The molecule has 0 aliphatic heterocycles. The van der Waals surface area contributed by atoms with Crippen LogP contribution in [0.1, 0.15) is 0 Å². The molecule has 0 amide bonds. The lowest BCUT2D eigenvalue weighted by Gasteiger charge is -1.98. The lowest BCUT2D eigenvalue weighted by Crippen LogP contribution is -1.84. The van der Waals surface area contributed by atoms with E-state index in [0.29, 0.717) is 0 Å². The molecule has 3 aromatic rings. The predicted octanol–water partition coefficient (Wildman–Crippen LogP) is 3.55. The first-order valence-electron chi connectivity index (χ1n) is 5.03. The van der Waals surface area contributed by atoms with E-state index in [2.05, 4.69) is 17.1 Å². The molecule has 0 saturated heterocycles. The van der Waals surface area contributed by atoms with E-state index in [-0.39, 0.29) is 0 Å². The van der Waals surface area contributed by atoms with Gasteiger partial charge in [0, 0.05) is 17.8 Å². The Balaban J connectivity index is 2.29. The smallest absolute Gasteiger partial charge is 0.0585 e. The average molecular weight is 226 g/mol. The molecule has 2 nitrogen and oxygen atoms in total. The molecule has 0 aliphatic rings. The predicted molar refractivity (Wildman–Crippen MR) is 69.5 cm³/mol. The van der Waals surface area contributed by atoms with Gasteiger partial charge >= 0.3 is 0 Å². The zero-order valence-electron chi connectivity index (χ0n) is 8.55. The normalized spacial score (nSPS) is 10.8. The Morgan fingerprint density at radius 2 is 1.88 bits per heavy atom. The molecule has 78 valence electrons. The molecular weight excluding hydrogens is 216 g/mol. The maximum Gasteiger partial charge on any atom is 0.0585 e. The van der Waals surface area contributed by atoms with E-state index in [1.807, 2.05) is 30.5 Å². The van der Waals surface area contributed by atoms with Crippen molar-refractivity contribution < 1.29 is 0 Å². The molecule has 0 aliphatic carbocycles. The van der Waals surface area contributed by atoms with Gasteiger partial charge in [-0.15, -0.1) is 11.3 Å². The highest BCUT2D eigenvalue weighted by atomic mass is 32.1. The van der Waals surface area contributed by atoms with Crippen LogP contribution in [0.4, 0.5) is 5.69 Å². The van der Waals surface area contributed by atoms with Crippen LogP contribution in [-0.4, -0.2) is 4.98 Å². The molecular formula is C13H10N2S. The molecule has 0 fully saturated rings. The lowest BCUT2D eigenvalue weighted by molar-refractivity contribution is 1.37. The van der Waals surface area contributed by atoms with E-state index < -0.39 is 0 Å². The zero-order valence-corrected chi connectivity index (χ0v) is 9.37. The van der Waals surface area contributed by atoms with Gasteiger partial charge in [0.2, 0.25) is 0 Å². The summed E-state index contributed by atoms with van der Waals surface area (Å²) < 4.78 is 1.14. The van der Waals surface area contributed by atoms with Crippen molar-refractivity contribution >= 4 is 27.1 Å².